The van der Waals surface area contributed by atoms with Gasteiger partial charge in [-0.05, 0) is 19.8 Å². The number of nitrogens with one attached hydrogen (secondary N) is 1. The second-order valence-corrected chi connectivity index (χ2v) is 5.67. The zero-order valence-electron chi connectivity index (χ0n) is 9.18. The molecule has 1 aliphatic carbocycles. The van der Waals surface area contributed by atoms with Crippen LogP contribution in [-0.2, 0) is 16.6 Å². The van der Waals surface area contributed by atoms with E-state index in [1.165, 1.54) is 10.9 Å². The fourth-order valence-electron chi connectivity index (χ4n) is 1.60. The van der Waals surface area contributed by atoms with Gasteiger partial charge in [-0.1, -0.05) is 6.42 Å². The number of rotatable bonds is 4. The molecule has 2 rings (SSSR count). The van der Waals surface area contributed by atoms with Gasteiger partial charge in [-0.2, -0.15) is 5.10 Å². The van der Waals surface area contributed by atoms with Crippen molar-refractivity contribution in [3.63, 3.8) is 0 Å². The Morgan fingerprint density at radius 1 is 1.62 bits per heavy atom. The van der Waals surface area contributed by atoms with Crippen LogP contribution >= 0.6 is 0 Å². The lowest BCUT2D eigenvalue weighted by Crippen LogP contribution is -2.39. The summed E-state index contributed by atoms with van der Waals surface area (Å²) < 4.78 is 28.0. The molecule has 1 aliphatic rings. The maximum absolute atomic E-state index is 11.9. The van der Waals surface area contributed by atoms with Crippen LogP contribution in [0.3, 0.4) is 0 Å². The molecule has 6 nitrogen and oxygen atoms in total. The molecule has 3 N–H and O–H groups in total. The Labute approximate surface area is 94.9 Å². The average molecular weight is 244 g/mol. The van der Waals surface area contributed by atoms with Gasteiger partial charge >= 0.3 is 0 Å². The fourth-order valence-corrected chi connectivity index (χ4v) is 2.97. The molecule has 0 atom stereocenters. The zero-order valence-corrected chi connectivity index (χ0v) is 10.00. The fraction of sp³-hybridized carbons (Fsp3) is 0.667. The number of hydrogen-bond donors (Lipinski definition) is 2. The number of nitrogen functional groups attached to an aromatic ring is 1. The summed E-state index contributed by atoms with van der Waals surface area (Å²) in [6.45, 7) is 2.48. The highest BCUT2D eigenvalue weighted by molar-refractivity contribution is 7.89. The van der Waals surface area contributed by atoms with Crippen molar-refractivity contribution in [2.45, 2.75) is 43.7 Å². The quantitative estimate of drug-likeness (QED) is 0.798. The Balaban J connectivity index is 2.23. The van der Waals surface area contributed by atoms with Gasteiger partial charge in [0.1, 0.15) is 4.90 Å². The molecule has 7 heteroatoms. The van der Waals surface area contributed by atoms with Gasteiger partial charge in [-0.15, -0.1) is 0 Å². The topological polar surface area (TPSA) is 90.0 Å². The van der Waals surface area contributed by atoms with Crippen molar-refractivity contribution in [3.05, 3.63) is 6.20 Å². The zero-order chi connectivity index (χ0) is 11.8. The molecule has 0 spiro atoms. The van der Waals surface area contributed by atoms with Crippen molar-refractivity contribution in [1.82, 2.24) is 14.5 Å². The Morgan fingerprint density at radius 3 is 2.75 bits per heavy atom. The second kappa shape index (κ2) is 4.06. The van der Waals surface area contributed by atoms with E-state index in [0.29, 0.717) is 6.54 Å². The largest absolute Gasteiger partial charge is 0.381 e. The smallest absolute Gasteiger partial charge is 0.246 e. The third-order valence-corrected chi connectivity index (χ3v) is 4.33. The molecule has 1 heterocycles. The van der Waals surface area contributed by atoms with Crippen LogP contribution in [0.25, 0.3) is 0 Å². The van der Waals surface area contributed by atoms with Crippen LogP contribution in [0, 0.1) is 0 Å². The third kappa shape index (κ3) is 2.05. The molecule has 90 valence electrons. The molecule has 0 aromatic carbocycles. The number of nitrogens with zero attached hydrogens (tertiary/aromatic N) is 2. The molecule has 0 saturated heterocycles. The maximum atomic E-state index is 11.9. The van der Waals surface area contributed by atoms with Gasteiger partial charge in [0.25, 0.3) is 0 Å². The highest BCUT2D eigenvalue weighted by atomic mass is 32.2. The highest BCUT2D eigenvalue weighted by Gasteiger charge is 2.27. The van der Waals surface area contributed by atoms with Crippen molar-refractivity contribution in [1.29, 1.82) is 0 Å². The molecule has 1 saturated carbocycles. The number of aromatic nitrogens is 2. The molecule has 0 radical (unpaired) electrons. The summed E-state index contributed by atoms with van der Waals surface area (Å²) in [7, 11) is -3.50. The van der Waals surface area contributed by atoms with E-state index < -0.39 is 10.0 Å². The van der Waals surface area contributed by atoms with E-state index >= 15 is 0 Å². The van der Waals surface area contributed by atoms with Gasteiger partial charge in [0.05, 0.1) is 0 Å². The summed E-state index contributed by atoms with van der Waals surface area (Å²) in [5.41, 5.74) is 5.59. The number of sulfonamides is 1. The first kappa shape index (κ1) is 11.4. The van der Waals surface area contributed by atoms with Crippen molar-refractivity contribution in [2.75, 3.05) is 5.73 Å². The van der Waals surface area contributed by atoms with Crippen LogP contribution in [0.4, 0.5) is 5.82 Å². The molecule has 0 bridgehead atoms. The summed E-state index contributed by atoms with van der Waals surface area (Å²) in [5.74, 6) is 0.0636. The molecule has 0 aliphatic heterocycles. The Hall–Kier alpha value is -1.08. The van der Waals surface area contributed by atoms with Gasteiger partial charge in [-0.25, -0.2) is 13.1 Å². The summed E-state index contributed by atoms with van der Waals surface area (Å²) >= 11 is 0. The first-order valence-corrected chi connectivity index (χ1v) is 6.86. The summed E-state index contributed by atoms with van der Waals surface area (Å²) in [6, 6.07) is 0.0642. The maximum Gasteiger partial charge on any atom is 0.246 e. The van der Waals surface area contributed by atoms with Crippen molar-refractivity contribution >= 4 is 15.8 Å². The lowest BCUT2D eigenvalue weighted by molar-refractivity contribution is 0.383. The van der Waals surface area contributed by atoms with Crippen LogP contribution in [0.2, 0.25) is 0 Å². The summed E-state index contributed by atoms with van der Waals surface area (Å²) in [4.78, 5) is 0.0845. The van der Waals surface area contributed by atoms with Crippen LogP contribution in [0.1, 0.15) is 26.2 Å². The molecular formula is C9H16N4O2S. The third-order valence-electron chi connectivity index (χ3n) is 2.80. The minimum Gasteiger partial charge on any atom is -0.381 e. The SMILES string of the molecule is CCn1cc(S(=O)(=O)NC2CCC2)c(N)n1. The van der Waals surface area contributed by atoms with Crippen molar-refractivity contribution < 1.29 is 8.42 Å². The first-order chi connectivity index (χ1) is 7.53. The molecule has 0 amide bonds. The molecule has 1 fully saturated rings. The van der Waals surface area contributed by atoms with E-state index in [-0.39, 0.29) is 16.8 Å². The van der Waals surface area contributed by atoms with Gasteiger partial charge in [0.15, 0.2) is 5.82 Å². The molecular weight excluding hydrogens is 228 g/mol. The lowest BCUT2D eigenvalue weighted by Gasteiger charge is -2.25. The van der Waals surface area contributed by atoms with Crippen LogP contribution in [0.15, 0.2) is 11.1 Å². The van der Waals surface area contributed by atoms with Gasteiger partial charge in [-0.3, -0.25) is 4.68 Å². The van der Waals surface area contributed by atoms with Gasteiger partial charge in [0, 0.05) is 18.8 Å². The minimum atomic E-state index is -3.50. The Bertz CT molecular complexity index is 476. The Morgan fingerprint density at radius 2 is 2.31 bits per heavy atom. The highest BCUT2D eigenvalue weighted by Crippen LogP contribution is 2.22. The molecule has 1 aromatic rings. The van der Waals surface area contributed by atoms with E-state index in [1.54, 1.807) is 0 Å². The molecule has 16 heavy (non-hydrogen) atoms. The average Bonchev–Trinajstić information content (AvgIpc) is 2.54. The van der Waals surface area contributed by atoms with Crippen molar-refractivity contribution in [2.24, 2.45) is 0 Å². The van der Waals surface area contributed by atoms with E-state index in [9.17, 15) is 8.42 Å². The normalized spacial score (nSPS) is 17.3. The van der Waals surface area contributed by atoms with Gasteiger partial charge in [0.2, 0.25) is 10.0 Å². The van der Waals surface area contributed by atoms with Crippen molar-refractivity contribution in [3.8, 4) is 0 Å². The number of anilines is 1. The summed E-state index contributed by atoms with van der Waals surface area (Å²) in [5, 5.41) is 3.92. The van der Waals surface area contributed by atoms with Gasteiger partial charge < -0.3 is 5.73 Å². The Kier molecular flexibility index (Phi) is 2.90. The molecule has 1 aromatic heterocycles. The lowest BCUT2D eigenvalue weighted by atomic mass is 9.94. The monoisotopic (exact) mass is 244 g/mol. The predicted octanol–water partition coefficient (Wildman–Crippen LogP) is 0.316. The van der Waals surface area contributed by atoms with E-state index in [0.717, 1.165) is 19.3 Å². The predicted molar refractivity (Wildman–Crippen MR) is 60.3 cm³/mol. The van der Waals surface area contributed by atoms with E-state index in [1.807, 2.05) is 6.92 Å². The number of hydrogen-bond acceptors (Lipinski definition) is 4. The second-order valence-electron chi connectivity index (χ2n) is 3.98. The first-order valence-electron chi connectivity index (χ1n) is 5.38. The standard InChI is InChI=1S/C9H16N4O2S/c1-2-13-6-8(9(10)11-13)16(14,15)12-7-4-3-5-7/h6-7,12H,2-5H2,1H3,(H2,10,11). The van der Waals surface area contributed by atoms with Crippen LogP contribution < -0.4 is 10.5 Å². The van der Waals surface area contributed by atoms with Crippen LogP contribution in [-0.4, -0.2) is 24.2 Å². The summed E-state index contributed by atoms with van der Waals surface area (Å²) in [6.07, 6.45) is 4.36. The number of aryl methyl sites for hydroxylation is 1. The number of nitrogens with two attached hydrogens (primary N) is 1. The minimum absolute atomic E-state index is 0.0636. The van der Waals surface area contributed by atoms with E-state index in [2.05, 4.69) is 9.82 Å². The van der Waals surface area contributed by atoms with Crippen LogP contribution in [0.5, 0.6) is 0 Å². The molecule has 0 unspecified atom stereocenters. The van der Waals surface area contributed by atoms with E-state index in [4.69, 9.17) is 5.73 Å².